The molecule has 1 aliphatic heterocycles. The van der Waals surface area contributed by atoms with Crippen molar-refractivity contribution in [1.29, 1.82) is 0 Å². The summed E-state index contributed by atoms with van der Waals surface area (Å²) in [5.74, 6) is -0.670. The first-order valence-corrected chi connectivity index (χ1v) is 4.31. The molecule has 0 unspecified atom stereocenters. The van der Waals surface area contributed by atoms with Crippen LogP contribution in [0.1, 0.15) is 13.3 Å². The number of ether oxygens (including phenoxy) is 1. The summed E-state index contributed by atoms with van der Waals surface area (Å²) in [6, 6.07) is 0. The maximum absolute atomic E-state index is 11.2. The number of aliphatic hydroxyl groups excluding tert-OH is 1. The molecule has 1 saturated heterocycles. The Bertz CT molecular complexity index is 160. The molecule has 0 aromatic rings. The Kier molecular flexibility index (Phi) is 3.49. The molecule has 2 N–H and O–H groups in total. The van der Waals surface area contributed by atoms with Gasteiger partial charge in [-0.1, -0.05) is 0 Å². The average molecular weight is 173 g/mol. The lowest BCUT2D eigenvalue weighted by molar-refractivity contribution is -0.152. The summed E-state index contributed by atoms with van der Waals surface area (Å²) in [5.41, 5.74) is 0. The van der Waals surface area contributed by atoms with Gasteiger partial charge < -0.3 is 15.2 Å². The molecule has 0 saturated carbocycles. The molecule has 0 bridgehead atoms. The van der Waals surface area contributed by atoms with Gasteiger partial charge in [0.15, 0.2) is 0 Å². The van der Waals surface area contributed by atoms with E-state index in [0.29, 0.717) is 19.6 Å². The summed E-state index contributed by atoms with van der Waals surface area (Å²) in [6.07, 6.45) is 0.0917. The summed E-state index contributed by atoms with van der Waals surface area (Å²) in [7, 11) is 0. The van der Waals surface area contributed by atoms with Gasteiger partial charge in [0, 0.05) is 6.54 Å². The second kappa shape index (κ2) is 4.42. The zero-order valence-electron chi connectivity index (χ0n) is 7.25. The topological polar surface area (TPSA) is 58.6 Å². The number of piperidine rings is 1. The van der Waals surface area contributed by atoms with Crippen LogP contribution in [0.25, 0.3) is 0 Å². The second-order valence-corrected chi connectivity index (χ2v) is 2.92. The lowest BCUT2D eigenvalue weighted by Gasteiger charge is -2.26. The molecule has 0 aromatic carbocycles. The molecule has 1 aliphatic rings. The van der Waals surface area contributed by atoms with Crippen LogP contribution in [0.3, 0.4) is 0 Å². The van der Waals surface area contributed by atoms with E-state index in [0.717, 1.165) is 6.54 Å². The van der Waals surface area contributed by atoms with Crippen molar-refractivity contribution >= 4 is 5.97 Å². The van der Waals surface area contributed by atoms with Gasteiger partial charge in [0.2, 0.25) is 0 Å². The molecule has 4 heteroatoms. The van der Waals surface area contributed by atoms with Gasteiger partial charge in [0.05, 0.1) is 18.6 Å². The Morgan fingerprint density at radius 1 is 1.75 bits per heavy atom. The van der Waals surface area contributed by atoms with Crippen molar-refractivity contribution < 1.29 is 14.6 Å². The standard InChI is InChI=1S/C8H15NO3/c1-2-12-8(11)6-5-9-4-3-7(6)10/h6-7,9-10H,2-5H2,1H3/t6-,7+/m1/s1. The third-order valence-electron chi connectivity index (χ3n) is 2.03. The molecule has 2 atom stereocenters. The monoisotopic (exact) mass is 173 g/mol. The number of rotatable bonds is 2. The van der Waals surface area contributed by atoms with E-state index in [1.807, 2.05) is 0 Å². The van der Waals surface area contributed by atoms with Gasteiger partial charge in [0.25, 0.3) is 0 Å². The second-order valence-electron chi connectivity index (χ2n) is 2.92. The van der Waals surface area contributed by atoms with Crippen LogP contribution >= 0.6 is 0 Å². The van der Waals surface area contributed by atoms with Crippen molar-refractivity contribution in [1.82, 2.24) is 5.32 Å². The summed E-state index contributed by atoms with van der Waals surface area (Å²) >= 11 is 0. The van der Waals surface area contributed by atoms with Crippen molar-refractivity contribution in [3.05, 3.63) is 0 Å². The highest BCUT2D eigenvalue weighted by Gasteiger charge is 2.30. The first kappa shape index (κ1) is 9.48. The zero-order chi connectivity index (χ0) is 8.97. The molecule has 0 aromatic heterocycles. The van der Waals surface area contributed by atoms with Crippen LogP contribution in [-0.2, 0) is 9.53 Å². The number of hydrogen-bond donors (Lipinski definition) is 2. The lowest BCUT2D eigenvalue weighted by Crippen LogP contribution is -2.44. The Balaban J connectivity index is 2.42. The summed E-state index contributed by atoms with van der Waals surface area (Å²) in [5, 5.41) is 12.5. The normalized spacial score (nSPS) is 29.8. The molecule has 1 rings (SSSR count). The van der Waals surface area contributed by atoms with E-state index in [2.05, 4.69) is 5.32 Å². The number of nitrogens with one attached hydrogen (secondary N) is 1. The van der Waals surface area contributed by atoms with Crippen LogP contribution in [0, 0.1) is 5.92 Å². The third kappa shape index (κ3) is 2.19. The minimum atomic E-state index is -0.537. The number of hydrogen-bond acceptors (Lipinski definition) is 4. The van der Waals surface area contributed by atoms with Crippen molar-refractivity contribution in [3.63, 3.8) is 0 Å². The van der Waals surface area contributed by atoms with Crippen LogP contribution in [0.2, 0.25) is 0 Å². The number of esters is 1. The maximum Gasteiger partial charge on any atom is 0.312 e. The van der Waals surface area contributed by atoms with Gasteiger partial charge in [-0.15, -0.1) is 0 Å². The van der Waals surface area contributed by atoms with Gasteiger partial charge in [-0.25, -0.2) is 0 Å². The van der Waals surface area contributed by atoms with E-state index < -0.39 is 6.10 Å². The largest absolute Gasteiger partial charge is 0.466 e. The SMILES string of the molecule is CCOC(=O)[C@@H]1CNCC[C@@H]1O. The molecule has 1 fully saturated rings. The maximum atomic E-state index is 11.2. The van der Waals surface area contributed by atoms with Gasteiger partial charge in [-0.2, -0.15) is 0 Å². The third-order valence-corrected chi connectivity index (χ3v) is 2.03. The van der Waals surface area contributed by atoms with Gasteiger partial charge in [0.1, 0.15) is 0 Å². The van der Waals surface area contributed by atoms with E-state index in [9.17, 15) is 9.90 Å². The predicted octanol–water partition coefficient (Wildman–Crippen LogP) is -0.480. The summed E-state index contributed by atoms with van der Waals surface area (Å²) < 4.78 is 4.81. The molecular formula is C8H15NO3. The van der Waals surface area contributed by atoms with Crippen LogP contribution in [0.5, 0.6) is 0 Å². The Labute approximate surface area is 71.9 Å². The van der Waals surface area contributed by atoms with Crippen LogP contribution in [0.4, 0.5) is 0 Å². The van der Waals surface area contributed by atoms with E-state index in [-0.39, 0.29) is 11.9 Å². The highest BCUT2D eigenvalue weighted by molar-refractivity contribution is 5.73. The van der Waals surface area contributed by atoms with E-state index in [4.69, 9.17) is 4.74 Å². The Morgan fingerprint density at radius 2 is 2.50 bits per heavy atom. The fourth-order valence-electron chi connectivity index (χ4n) is 1.33. The molecule has 0 radical (unpaired) electrons. The van der Waals surface area contributed by atoms with Crippen LogP contribution < -0.4 is 5.32 Å². The van der Waals surface area contributed by atoms with Crippen LogP contribution in [0.15, 0.2) is 0 Å². The van der Waals surface area contributed by atoms with Gasteiger partial charge in [-0.3, -0.25) is 4.79 Å². The molecule has 0 amide bonds. The fourth-order valence-corrected chi connectivity index (χ4v) is 1.33. The predicted molar refractivity (Wildman–Crippen MR) is 43.6 cm³/mol. The zero-order valence-corrected chi connectivity index (χ0v) is 7.25. The van der Waals surface area contributed by atoms with Crippen molar-refractivity contribution in [2.24, 2.45) is 5.92 Å². The number of carbonyl (C=O) groups is 1. The van der Waals surface area contributed by atoms with E-state index in [1.54, 1.807) is 6.92 Å². The van der Waals surface area contributed by atoms with E-state index in [1.165, 1.54) is 0 Å². The molecule has 1 heterocycles. The van der Waals surface area contributed by atoms with E-state index >= 15 is 0 Å². The smallest absolute Gasteiger partial charge is 0.312 e. The number of aliphatic hydroxyl groups is 1. The summed E-state index contributed by atoms with van der Waals surface area (Å²) in [6.45, 7) is 3.44. The van der Waals surface area contributed by atoms with Crippen molar-refractivity contribution in [3.8, 4) is 0 Å². The number of carbonyl (C=O) groups excluding carboxylic acids is 1. The quantitative estimate of drug-likeness (QED) is 0.554. The highest BCUT2D eigenvalue weighted by Crippen LogP contribution is 2.12. The minimum absolute atomic E-state index is 0.294. The lowest BCUT2D eigenvalue weighted by atomic mass is 9.96. The first-order valence-electron chi connectivity index (χ1n) is 4.31. The average Bonchev–Trinajstić information content (AvgIpc) is 2.05. The Hall–Kier alpha value is -0.610. The van der Waals surface area contributed by atoms with Gasteiger partial charge in [-0.05, 0) is 19.9 Å². The molecule has 12 heavy (non-hydrogen) atoms. The summed E-state index contributed by atoms with van der Waals surface area (Å²) in [4.78, 5) is 11.2. The fraction of sp³-hybridized carbons (Fsp3) is 0.875. The van der Waals surface area contributed by atoms with Crippen LogP contribution in [-0.4, -0.2) is 36.9 Å². The van der Waals surface area contributed by atoms with Crippen molar-refractivity contribution in [2.45, 2.75) is 19.4 Å². The molecule has 0 spiro atoms. The van der Waals surface area contributed by atoms with Crippen molar-refractivity contribution in [2.75, 3.05) is 19.7 Å². The molecule has 4 nitrogen and oxygen atoms in total. The minimum Gasteiger partial charge on any atom is -0.466 e. The Morgan fingerprint density at radius 3 is 3.08 bits per heavy atom. The highest BCUT2D eigenvalue weighted by atomic mass is 16.5. The molecule has 0 aliphatic carbocycles. The molecular weight excluding hydrogens is 158 g/mol. The molecule has 70 valence electrons. The first-order chi connectivity index (χ1) is 5.75. The van der Waals surface area contributed by atoms with Gasteiger partial charge >= 0.3 is 5.97 Å².